The van der Waals surface area contributed by atoms with Crippen LogP contribution in [0.4, 0.5) is 19.0 Å². The number of carbonyl (C=O) groups is 1. The summed E-state index contributed by atoms with van der Waals surface area (Å²) in [4.78, 5) is 32.1. The van der Waals surface area contributed by atoms with Crippen molar-refractivity contribution in [3.8, 4) is 17.3 Å². The Labute approximate surface area is 216 Å². The van der Waals surface area contributed by atoms with Gasteiger partial charge in [0.05, 0.1) is 22.2 Å². The largest absolute Gasteiger partial charge is 0.574 e. The Morgan fingerprint density at radius 3 is 2.70 bits per heavy atom. The van der Waals surface area contributed by atoms with Gasteiger partial charge < -0.3 is 15.0 Å². The third-order valence-corrected chi connectivity index (χ3v) is 7.25. The number of likely N-dealkylation sites (tertiary alicyclic amines) is 1. The van der Waals surface area contributed by atoms with Crippen molar-refractivity contribution in [1.82, 2.24) is 24.8 Å². The van der Waals surface area contributed by atoms with E-state index in [1.54, 1.807) is 30.3 Å². The van der Waals surface area contributed by atoms with E-state index in [-0.39, 0.29) is 22.0 Å². The van der Waals surface area contributed by atoms with Crippen LogP contribution in [0.3, 0.4) is 0 Å². The predicted octanol–water partition coefficient (Wildman–Crippen LogP) is 4.93. The summed E-state index contributed by atoms with van der Waals surface area (Å²) in [7, 11) is 0. The molecule has 1 saturated heterocycles. The van der Waals surface area contributed by atoms with Gasteiger partial charge in [0.1, 0.15) is 5.82 Å². The lowest BCUT2D eigenvalue weighted by Gasteiger charge is -2.36. The molecule has 1 spiro atoms. The fourth-order valence-corrected chi connectivity index (χ4v) is 5.28. The average molecular weight is 533 g/mol. The van der Waals surface area contributed by atoms with Crippen molar-refractivity contribution >= 4 is 23.3 Å². The molecule has 0 aromatic carbocycles. The van der Waals surface area contributed by atoms with Crippen LogP contribution < -0.4 is 10.1 Å². The number of nitrogens with zero attached hydrogens (tertiary/aromatic N) is 5. The first-order valence-electron chi connectivity index (χ1n) is 11.8. The molecule has 5 heterocycles. The Bertz CT molecular complexity index is 1340. The molecule has 8 nitrogen and oxygen atoms in total. The molecule has 2 aliphatic rings. The number of amides is 1. The van der Waals surface area contributed by atoms with E-state index in [1.807, 2.05) is 6.92 Å². The second-order valence-corrected chi connectivity index (χ2v) is 9.84. The molecular formula is C25H24ClF3N6O2. The summed E-state index contributed by atoms with van der Waals surface area (Å²) >= 11 is 6.18. The summed E-state index contributed by atoms with van der Waals surface area (Å²) in [5.74, 6) is -0.239. The number of aromatic nitrogens is 4. The van der Waals surface area contributed by atoms with Crippen LogP contribution in [0.5, 0.6) is 5.88 Å². The van der Waals surface area contributed by atoms with Crippen LogP contribution in [0.15, 0.2) is 36.8 Å². The Morgan fingerprint density at radius 1 is 1.22 bits per heavy atom. The number of aryl methyl sites for hydroxylation is 2. The number of ether oxygens (including phenoxy) is 1. The van der Waals surface area contributed by atoms with Crippen molar-refractivity contribution in [2.75, 3.05) is 18.4 Å². The second-order valence-electron chi connectivity index (χ2n) is 9.43. The molecule has 3 aromatic heterocycles. The Balaban J connectivity index is 1.31. The summed E-state index contributed by atoms with van der Waals surface area (Å²) in [5.41, 5.74) is 2.66. The summed E-state index contributed by atoms with van der Waals surface area (Å²) in [6, 6.07) is 4.90. The van der Waals surface area contributed by atoms with Gasteiger partial charge in [-0.3, -0.25) is 4.79 Å². The standard InChI is InChI=1S/C25H24ClF3N6O2/c1-14(17-11-20(32-12-19(17)26)37-25(27,28)29)23(36)35-9-6-24(13-35)5-4-16-10-18(15(2)33-21(16)34-24)22-30-7-3-8-31-22/h3,7-8,10-12,14H,4-6,9,13H2,1-2H3,(H,33,34)/t14?,24-/m0/s1. The molecule has 1 amide bonds. The molecule has 12 heteroatoms. The van der Waals surface area contributed by atoms with Crippen molar-refractivity contribution in [3.05, 3.63) is 58.6 Å². The SMILES string of the molecule is Cc1nc2c(cc1-c1ncccn1)CC[C@@]1(CCN(C(=O)C(C)c3cc(OC(F)(F)F)ncc3Cl)C1)N2. The number of nitrogens with one attached hydrogen (secondary N) is 1. The molecule has 1 N–H and O–H groups in total. The number of anilines is 1. The van der Waals surface area contributed by atoms with Crippen molar-refractivity contribution in [1.29, 1.82) is 0 Å². The van der Waals surface area contributed by atoms with Gasteiger partial charge in [0.15, 0.2) is 5.82 Å². The molecule has 2 atom stereocenters. The Kier molecular flexibility index (Phi) is 6.43. The maximum absolute atomic E-state index is 13.3. The zero-order chi connectivity index (χ0) is 26.4. The van der Waals surface area contributed by atoms with Gasteiger partial charge in [-0.1, -0.05) is 11.6 Å². The summed E-state index contributed by atoms with van der Waals surface area (Å²) < 4.78 is 41.8. The monoisotopic (exact) mass is 532 g/mol. The molecule has 1 unspecified atom stereocenters. The topological polar surface area (TPSA) is 93.1 Å². The molecule has 0 radical (unpaired) electrons. The number of rotatable bonds is 4. The van der Waals surface area contributed by atoms with E-state index < -0.39 is 18.2 Å². The Morgan fingerprint density at radius 2 is 1.97 bits per heavy atom. The van der Waals surface area contributed by atoms with E-state index in [4.69, 9.17) is 16.6 Å². The molecule has 0 bridgehead atoms. The highest BCUT2D eigenvalue weighted by atomic mass is 35.5. The Hall–Kier alpha value is -3.47. The minimum absolute atomic E-state index is 0.104. The lowest BCUT2D eigenvalue weighted by Crippen LogP contribution is -2.46. The number of fused-ring (bicyclic) bond motifs is 1. The van der Waals surface area contributed by atoms with Crippen LogP contribution >= 0.6 is 11.6 Å². The van der Waals surface area contributed by atoms with E-state index in [9.17, 15) is 18.0 Å². The third kappa shape index (κ3) is 5.18. The first-order chi connectivity index (χ1) is 17.5. The second kappa shape index (κ2) is 9.44. The van der Waals surface area contributed by atoms with Gasteiger partial charge in [0.2, 0.25) is 11.8 Å². The smallest absolute Gasteiger partial charge is 0.388 e. The van der Waals surface area contributed by atoms with E-state index in [1.165, 1.54) is 0 Å². The van der Waals surface area contributed by atoms with Crippen molar-refractivity contribution in [3.63, 3.8) is 0 Å². The van der Waals surface area contributed by atoms with E-state index in [0.29, 0.717) is 18.9 Å². The number of alkyl halides is 3. The first kappa shape index (κ1) is 25.2. The fourth-order valence-electron chi connectivity index (χ4n) is 5.01. The normalized spacial score (nSPS) is 19.9. The summed E-state index contributed by atoms with van der Waals surface area (Å²) in [5, 5.41) is 3.68. The van der Waals surface area contributed by atoms with E-state index in [2.05, 4.69) is 31.1 Å². The third-order valence-electron chi connectivity index (χ3n) is 6.94. The van der Waals surface area contributed by atoms with Crippen molar-refractivity contribution < 1.29 is 22.7 Å². The van der Waals surface area contributed by atoms with Crippen LogP contribution in [0.25, 0.3) is 11.4 Å². The molecular weight excluding hydrogens is 509 g/mol. The van der Waals surface area contributed by atoms with Crippen LogP contribution in [-0.4, -0.2) is 55.7 Å². The zero-order valence-corrected chi connectivity index (χ0v) is 20.9. The van der Waals surface area contributed by atoms with Gasteiger partial charge in [0.25, 0.3) is 0 Å². The highest BCUT2D eigenvalue weighted by Gasteiger charge is 2.43. The van der Waals surface area contributed by atoms with Crippen LogP contribution in [0, 0.1) is 6.92 Å². The summed E-state index contributed by atoms with van der Waals surface area (Å²) in [6.07, 6.45) is 1.87. The van der Waals surface area contributed by atoms with Crippen LogP contribution in [0.2, 0.25) is 5.02 Å². The maximum Gasteiger partial charge on any atom is 0.574 e. The molecule has 1 fully saturated rings. The lowest BCUT2D eigenvalue weighted by molar-refractivity contribution is -0.276. The molecule has 194 valence electrons. The molecule has 3 aromatic rings. The minimum atomic E-state index is -4.89. The van der Waals surface area contributed by atoms with Crippen LogP contribution in [0.1, 0.15) is 42.5 Å². The molecule has 0 saturated carbocycles. The van der Waals surface area contributed by atoms with Gasteiger partial charge in [-0.05, 0) is 56.4 Å². The van der Waals surface area contributed by atoms with Crippen LogP contribution in [-0.2, 0) is 11.2 Å². The number of hydrogen-bond donors (Lipinski definition) is 1. The summed E-state index contributed by atoms with van der Waals surface area (Å²) in [6.45, 7) is 4.49. The van der Waals surface area contributed by atoms with Crippen molar-refractivity contribution in [2.24, 2.45) is 0 Å². The number of halogens is 4. The highest BCUT2D eigenvalue weighted by Crippen LogP contribution is 2.39. The molecule has 2 aliphatic heterocycles. The zero-order valence-electron chi connectivity index (χ0n) is 20.1. The van der Waals surface area contributed by atoms with Gasteiger partial charge in [0, 0.05) is 43.3 Å². The van der Waals surface area contributed by atoms with Gasteiger partial charge in [-0.15, -0.1) is 13.2 Å². The first-order valence-corrected chi connectivity index (χ1v) is 12.2. The molecule has 37 heavy (non-hydrogen) atoms. The van der Waals surface area contributed by atoms with Gasteiger partial charge >= 0.3 is 6.36 Å². The van der Waals surface area contributed by atoms with E-state index in [0.717, 1.165) is 54.2 Å². The quantitative estimate of drug-likeness (QED) is 0.509. The fraction of sp³-hybridized carbons (Fsp3) is 0.400. The average Bonchev–Trinajstić information content (AvgIpc) is 3.26. The lowest BCUT2D eigenvalue weighted by atomic mass is 9.86. The van der Waals surface area contributed by atoms with Gasteiger partial charge in [-0.25, -0.2) is 19.9 Å². The molecule has 0 aliphatic carbocycles. The molecule has 5 rings (SSSR count). The van der Waals surface area contributed by atoms with E-state index >= 15 is 0 Å². The number of hydrogen-bond acceptors (Lipinski definition) is 7. The minimum Gasteiger partial charge on any atom is -0.388 e. The number of pyridine rings is 2. The number of carbonyl (C=O) groups excluding carboxylic acids is 1. The highest BCUT2D eigenvalue weighted by molar-refractivity contribution is 6.31. The maximum atomic E-state index is 13.3. The predicted molar refractivity (Wildman–Crippen MR) is 130 cm³/mol. The van der Waals surface area contributed by atoms with Crippen molar-refractivity contribution in [2.45, 2.75) is 50.9 Å². The van der Waals surface area contributed by atoms with Gasteiger partial charge in [-0.2, -0.15) is 0 Å².